The van der Waals surface area contributed by atoms with Crippen molar-refractivity contribution in [1.29, 1.82) is 0 Å². The van der Waals surface area contributed by atoms with Crippen LogP contribution in [0.15, 0.2) is 41.6 Å². The first kappa shape index (κ1) is 27.1. The second-order valence-corrected chi connectivity index (χ2v) is 9.62. The van der Waals surface area contributed by atoms with E-state index in [4.69, 9.17) is 0 Å². The molecule has 1 aromatic carbocycles. The molecule has 2 aromatic heterocycles. The molecular weight excluding hydrogens is 556 g/mol. The molecule has 0 bridgehead atoms. The van der Waals surface area contributed by atoms with Gasteiger partial charge < -0.3 is 5.32 Å². The van der Waals surface area contributed by atoms with Gasteiger partial charge in [-0.2, -0.15) is 39.9 Å². The smallest absolute Gasteiger partial charge is 0.347 e. The maximum Gasteiger partial charge on any atom is 0.516 e. The van der Waals surface area contributed by atoms with Gasteiger partial charge in [-0.15, -0.1) is 0 Å². The van der Waals surface area contributed by atoms with E-state index in [9.17, 15) is 48.3 Å². The molecule has 9 nitrogen and oxygen atoms in total. The van der Waals surface area contributed by atoms with Crippen LogP contribution in [0.5, 0.6) is 0 Å². The number of anilines is 1. The second kappa shape index (κ2) is 9.41. The summed E-state index contributed by atoms with van der Waals surface area (Å²) in [7, 11) is -5.66. The molecule has 1 aliphatic rings. The first-order valence-electron chi connectivity index (χ1n) is 10.3. The topological polar surface area (TPSA) is 99.4 Å². The number of halogens is 8. The lowest BCUT2D eigenvalue weighted by atomic mass is 10.2. The minimum atomic E-state index is -5.66. The minimum absolute atomic E-state index is 0.0352. The van der Waals surface area contributed by atoms with Crippen LogP contribution in [0.3, 0.4) is 0 Å². The van der Waals surface area contributed by atoms with Gasteiger partial charge in [0.25, 0.3) is 5.91 Å². The van der Waals surface area contributed by atoms with Gasteiger partial charge in [0.05, 0.1) is 18.8 Å². The molecular formula is C20H14F8N6O3S. The number of sulfonamides is 1. The van der Waals surface area contributed by atoms with E-state index in [1.165, 1.54) is 6.07 Å². The maximum absolute atomic E-state index is 14.7. The van der Waals surface area contributed by atoms with Crippen molar-refractivity contribution < 1.29 is 48.3 Å². The highest BCUT2D eigenvalue weighted by molar-refractivity contribution is 7.90. The third-order valence-electron chi connectivity index (χ3n) is 5.28. The van der Waals surface area contributed by atoms with Gasteiger partial charge in [0.2, 0.25) is 0 Å². The number of alkyl halides is 6. The molecule has 1 aliphatic heterocycles. The zero-order valence-electron chi connectivity index (χ0n) is 18.6. The standard InChI is InChI=1S/C20H14F8N6O3S/c21-12-2-1-5-33-15(16(19(23,24)25)31-17(12)33)18(35)29-9-11-3-4-14(13(22)8-11)34-7-6-32(10-30-34)38(36,37)20(26,27)28/h1-5,8,10H,6-7,9H2,(H,29,35). The summed E-state index contributed by atoms with van der Waals surface area (Å²) in [5.41, 5.74) is -9.02. The summed E-state index contributed by atoms with van der Waals surface area (Å²) in [6.07, 6.45) is -3.68. The molecule has 0 unspecified atom stereocenters. The van der Waals surface area contributed by atoms with Gasteiger partial charge >= 0.3 is 21.7 Å². The molecule has 0 aliphatic carbocycles. The van der Waals surface area contributed by atoms with Crippen LogP contribution in [0.1, 0.15) is 21.7 Å². The Kier molecular flexibility index (Phi) is 6.71. The van der Waals surface area contributed by atoms with E-state index in [0.717, 1.165) is 35.5 Å². The van der Waals surface area contributed by atoms with E-state index < -0.39 is 75.9 Å². The fourth-order valence-corrected chi connectivity index (χ4v) is 4.27. The van der Waals surface area contributed by atoms with Crippen LogP contribution in [0, 0.1) is 11.6 Å². The van der Waals surface area contributed by atoms with E-state index in [0.29, 0.717) is 10.7 Å². The monoisotopic (exact) mass is 570 g/mol. The highest BCUT2D eigenvalue weighted by atomic mass is 32.2. The van der Waals surface area contributed by atoms with E-state index in [2.05, 4.69) is 15.4 Å². The highest BCUT2D eigenvalue weighted by Crippen LogP contribution is 2.33. The summed E-state index contributed by atoms with van der Waals surface area (Å²) in [5, 5.41) is 6.61. The Morgan fingerprint density at radius 2 is 1.74 bits per heavy atom. The summed E-state index contributed by atoms with van der Waals surface area (Å²) < 4.78 is 130. The number of aromatic nitrogens is 2. The normalized spacial score (nSPS) is 14.8. The fourth-order valence-electron chi connectivity index (χ4n) is 3.51. The van der Waals surface area contributed by atoms with Crippen LogP contribution in [0.2, 0.25) is 0 Å². The van der Waals surface area contributed by atoms with Crippen LogP contribution < -0.4 is 10.3 Å². The Bertz CT molecular complexity index is 1530. The van der Waals surface area contributed by atoms with Crippen molar-refractivity contribution in [2.75, 3.05) is 18.1 Å². The van der Waals surface area contributed by atoms with Gasteiger partial charge in [-0.05, 0) is 29.8 Å². The number of amides is 1. The summed E-state index contributed by atoms with van der Waals surface area (Å²) in [6.45, 7) is -1.56. The lowest BCUT2D eigenvalue weighted by Gasteiger charge is -2.29. The van der Waals surface area contributed by atoms with Crippen molar-refractivity contribution in [3.63, 3.8) is 0 Å². The molecule has 0 saturated carbocycles. The molecule has 18 heteroatoms. The van der Waals surface area contributed by atoms with Gasteiger partial charge in [0, 0.05) is 12.7 Å². The highest BCUT2D eigenvalue weighted by Gasteiger charge is 2.50. The zero-order chi connectivity index (χ0) is 28.0. The number of pyridine rings is 1. The first-order valence-corrected chi connectivity index (χ1v) is 11.8. The Hall–Kier alpha value is -3.96. The summed E-state index contributed by atoms with van der Waals surface area (Å²) in [6, 6.07) is 5.23. The molecule has 3 aromatic rings. The number of hydrogen-bond acceptors (Lipinski definition) is 6. The summed E-state index contributed by atoms with van der Waals surface area (Å²) >= 11 is 0. The Labute approximate surface area is 208 Å². The van der Waals surface area contributed by atoms with Crippen molar-refractivity contribution >= 4 is 33.6 Å². The molecule has 38 heavy (non-hydrogen) atoms. The van der Waals surface area contributed by atoms with Gasteiger partial charge in [-0.1, -0.05) is 6.07 Å². The molecule has 4 rings (SSSR count). The molecule has 1 amide bonds. The SMILES string of the molecule is O=C(NCc1ccc(N2CCN(S(=O)(=O)C(F)(F)F)C=N2)c(F)c1)c1c(C(F)(F)F)nc2c(F)cccn12. The number of fused-ring (bicyclic) bond motifs is 1. The lowest BCUT2D eigenvalue weighted by Crippen LogP contribution is -2.46. The number of hydrazone groups is 1. The van der Waals surface area contributed by atoms with Gasteiger partial charge in [-0.25, -0.2) is 18.1 Å². The van der Waals surface area contributed by atoms with Crippen molar-refractivity contribution in [3.05, 3.63) is 65.1 Å². The van der Waals surface area contributed by atoms with Crippen LogP contribution >= 0.6 is 0 Å². The zero-order valence-corrected chi connectivity index (χ0v) is 19.4. The second-order valence-electron chi connectivity index (χ2n) is 7.74. The number of carbonyl (C=O) groups is 1. The molecule has 204 valence electrons. The van der Waals surface area contributed by atoms with Crippen LogP contribution in [-0.2, 0) is 22.7 Å². The van der Waals surface area contributed by atoms with Gasteiger partial charge in [0.1, 0.15) is 17.8 Å². The number of benzene rings is 1. The van der Waals surface area contributed by atoms with Crippen LogP contribution in [-0.4, -0.2) is 53.0 Å². The van der Waals surface area contributed by atoms with Gasteiger partial charge in [-0.3, -0.25) is 14.2 Å². The Morgan fingerprint density at radius 3 is 2.32 bits per heavy atom. The average molecular weight is 570 g/mol. The average Bonchev–Trinajstić information content (AvgIpc) is 3.24. The van der Waals surface area contributed by atoms with Crippen molar-refractivity contribution in [2.24, 2.45) is 5.10 Å². The van der Waals surface area contributed by atoms with Crippen molar-refractivity contribution in [1.82, 2.24) is 19.0 Å². The molecule has 0 spiro atoms. The van der Waals surface area contributed by atoms with E-state index in [1.54, 1.807) is 0 Å². The molecule has 0 saturated heterocycles. The van der Waals surface area contributed by atoms with Crippen LogP contribution in [0.25, 0.3) is 5.65 Å². The maximum atomic E-state index is 14.7. The number of imidazole rings is 1. The Balaban J connectivity index is 1.50. The predicted molar refractivity (Wildman–Crippen MR) is 115 cm³/mol. The molecule has 0 fully saturated rings. The minimum Gasteiger partial charge on any atom is -0.347 e. The third kappa shape index (κ3) is 4.94. The van der Waals surface area contributed by atoms with Crippen molar-refractivity contribution in [3.8, 4) is 0 Å². The largest absolute Gasteiger partial charge is 0.516 e. The molecule has 0 atom stereocenters. The van der Waals surface area contributed by atoms with Crippen molar-refractivity contribution in [2.45, 2.75) is 18.2 Å². The van der Waals surface area contributed by atoms with E-state index in [1.807, 2.05) is 0 Å². The number of nitrogens with zero attached hydrogens (tertiary/aromatic N) is 5. The van der Waals surface area contributed by atoms with E-state index in [-0.39, 0.29) is 15.6 Å². The third-order valence-corrected chi connectivity index (χ3v) is 6.76. The van der Waals surface area contributed by atoms with Crippen LogP contribution in [0.4, 0.5) is 40.8 Å². The quantitative estimate of drug-likeness (QED) is 0.474. The number of hydrogen-bond donors (Lipinski definition) is 1. The fraction of sp³-hybridized carbons (Fsp3) is 0.250. The number of rotatable bonds is 5. The first-order chi connectivity index (χ1) is 17.6. The lowest BCUT2D eigenvalue weighted by molar-refractivity contribution is -0.141. The molecule has 3 heterocycles. The predicted octanol–water partition coefficient (Wildman–Crippen LogP) is 3.48. The summed E-state index contributed by atoms with van der Waals surface area (Å²) in [5.74, 6) is -3.32. The van der Waals surface area contributed by atoms with E-state index >= 15 is 0 Å². The molecule has 1 N–H and O–H groups in total. The van der Waals surface area contributed by atoms with Gasteiger partial charge in [0.15, 0.2) is 17.2 Å². The number of carbonyl (C=O) groups excluding carboxylic acids is 1. The summed E-state index contributed by atoms with van der Waals surface area (Å²) in [4.78, 5) is 15.8. The Morgan fingerprint density at radius 1 is 1.03 bits per heavy atom. The molecule has 0 radical (unpaired) electrons. The number of nitrogens with one attached hydrogen (secondary N) is 1.